The highest BCUT2D eigenvalue weighted by atomic mass is 79.9. The van der Waals surface area contributed by atoms with Crippen molar-refractivity contribution in [1.29, 1.82) is 0 Å². The van der Waals surface area contributed by atoms with Gasteiger partial charge in [-0.15, -0.1) is 11.8 Å². The number of carbonyl (C=O) groups is 1. The van der Waals surface area contributed by atoms with Gasteiger partial charge in [0.1, 0.15) is 18.2 Å². The summed E-state index contributed by atoms with van der Waals surface area (Å²) in [6.07, 6.45) is 1.58. The number of thioether (sulfide) groups is 1. The Morgan fingerprint density at radius 3 is 2.64 bits per heavy atom. The smallest absolute Gasteiger partial charge is 0.250 e. The zero-order chi connectivity index (χ0) is 23.0. The highest BCUT2D eigenvalue weighted by molar-refractivity contribution is 9.10. The largest absolute Gasteiger partial charge is 0.488 e. The van der Waals surface area contributed by atoms with Gasteiger partial charge < -0.3 is 4.74 Å². The molecule has 7 heteroatoms. The second-order valence-electron chi connectivity index (χ2n) is 7.16. The van der Waals surface area contributed by atoms with Gasteiger partial charge in [-0.2, -0.15) is 5.10 Å². The lowest BCUT2D eigenvalue weighted by Crippen LogP contribution is -2.19. The van der Waals surface area contributed by atoms with Crippen molar-refractivity contribution in [3.8, 4) is 5.75 Å². The van der Waals surface area contributed by atoms with Crippen LogP contribution in [0.15, 0.2) is 99.4 Å². The lowest BCUT2D eigenvalue weighted by molar-refractivity contribution is -0.118. The number of ether oxygens (including phenoxy) is 1. The average Bonchev–Trinajstić information content (AvgIpc) is 2.83. The molecule has 4 nitrogen and oxygen atoms in total. The monoisotopic (exact) mass is 522 g/mol. The number of amides is 1. The van der Waals surface area contributed by atoms with Gasteiger partial charge in [-0.1, -0.05) is 48.5 Å². The molecule has 1 amide bonds. The number of nitrogens with zero attached hydrogens (tertiary/aromatic N) is 1. The summed E-state index contributed by atoms with van der Waals surface area (Å²) in [6, 6.07) is 25.8. The van der Waals surface area contributed by atoms with E-state index < -0.39 is 0 Å². The predicted molar refractivity (Wildman–Crippen MR) is 135 cm³/mol. The average molecular weight is 523 g/mol. The van der Waals surface area contributed by atoms with E-state index in [1.54, 1.807) is 18.3 Å². The molecule has 1 N–H and O–H groups in total. The van der Waals surface area contributed by atoms with E-state index in [4.69, 9.17) is 4.74 Å². The third-order valence-corrected chi connectivity index (χ3v) is 6.47. The number of fused-ring (bicyclic) bond motifs is 1. The summed E-state index contributed by atoms with van der Waals surface area (Å²) in [7, 11) is 0. The quantitative estimate of drug-likeness (QED) is 0.162. The third kappa shape index (κ3) is 6.43. The fourth-order valence-electron chi connectivity index (χ4n) is 3.13. The lowest BCUT2D eigenvalue weighted by Gasteiger charge is -2.09. The second-order valence-corrected chi connectivity index (χ2v) is 9.04. The van der Waals surface area contributed by atoms with Gasteiger partial charge >= 0.3 is 0 Å². The van der Waals surface area contributed by atoms with E-state index in [9.17, 15) is 9.18 Å². The molecule has 4 aromatic rings. The van der Waals surface area contributed by atoms with Gasteiger partial charge in [0.05, 0.1) is 16.4 Å². The maximum Gasteiger partial charge on any atom is 0.250 e. The van der Waals surface area contributed by atoms with Gasteiger partial charge in [0.2, 0.25) is 5.91 Å². The number of hydrogen-bond acceptors (Lipinski definition) is 4. The molecule has 0 saturated carbocycles. The molecule has 0 bridgehead atoms. The second kappa shape index (κ2) is 11.1. The summed E-state index contributed by atoms with van der Waals surface area (Å²) in [5.41, 5.74) is 4.24. The molecule has 0 radical (unpaired) electrons. The Hall–Kier alpha value is -3.16. The summed E-state index contributed by atoms with van der Waals surface area (Å²) in [6.45, 7) is 0.330. The van der Waals surface area contributed by atoms with Crippen molar-refractivity contribution in [2.45, 2.75) is 11.5 Å². The molecular formula is C26H20BrFN2O2S. The first-order valence-electron chi connectivity index (χ1n) is 10.2. The van der Waals surface area contributed by atoms with Gasteiger partial charge in [-0.25, -0.2) is 9.82 Å². The SMILES string of the molecule is O=C(CSc1cccc2ccccc12)N/N=C\c1ccc(OCc2ccc(F)cc2)c(Br)c1. The summed E-state index contributed by atoms with van der Waals surface area (Å²) in [5, 5.41) is 6.34. The molecule has 4 aromatic carbocycles. The van der Waals surface area contributed by atoms with Crippen molar-refractivity contribution in [2.75, 3.05) is 5.75 Å². The normalized spacial score (nSPS) is 11.1. The van der Waals surface area contributed by atoms with E-state index in [1.807, 2.05) is 42.5 Å². The van der Waals surface area contributed by atoms with Gasteiger partial charge in [-0.05, 0) is 74.2 Å². The van der Waals surface area contributed by atoms with Crippen LogP contribution in [-0.4, -0.2) is 17.9 Å². The van der Waals surface area contributed by atoms with Crippen molar-refractivity contribution < 1.29 is 13.9 Å². The molecule has 0 aromatic heterocycles. The molecular weight excluding hydrogens is 503 g/mol. The van der Waals surface area contributed by atoms with Crippen molar-refractivity contribution in [3.63, 3.8) is 0 Å². The van der Waals surface area contributed by atoms with E-state index >= 15 is 0 Å². The number of nitrogens with one attached hydrogen (secondary N) is 1. The Labute approximate surface area is 204 Å². The Bertz CT molecular complexity index is 1290. The van der Waals surface area contributed by atoms with Crippen LogP contribution in [0, 0.1) is 5.82 Å². The van der Waals surface area contributed by atoms with Crippen LogP contribution in [0.1, 0.15) is 11.1 Å². The van der Waals surface area contributed by atoms with E-state index in [1.165, 1.54) is 23.9 Å². The van der Waals surface area contributed by atoms with Crippen LogP contribution >= 0.6 is 27.7 Å². The van der Waals surface area contributed by atoms with Crippen LogP contribution in [0.5, 0.6) is 5.75 Å². The Kier molecular flexibility index (Phi) is 7.75. The molecule has 166 valence electrons. The Morgan fingerprint density at radius 1 is 1.03 bits per heavy atom. The molecule has 0 atom stereocenters. The summed E-state index contributed by atoms with van der Waals surface area (Å²) in [4.78, 5) is 13.3. The van der Waals surface area contributed by atoms with Crippen molar-refractivity contribution in [2.24, 2.45) is 5.10 Å². The molecule has 4 rings (SSSR count). The van der Waals surface area contributed by atoms with Gasteiger partial charge in [-0.3, -0.25) is 4.79 Å². The summed E-state index contributed by atoms with van der Waals surface area (Å²) < 4.78 is 19.5. The molecule has 0 aliphatic rings. The minimum Gasteiger partial charge on any atom is -0.488 e. The van der Waals surface area contributed by atoms with E-state index in [2.05, 4.69) is 44.7 Å². The van der Waals surface area contributed by atoms with E-state index in [0.717, 1.165) is 31.3 Å². The van der Waals surface area contributed by atoms with E-state index in [0.29, 0.717) is 12.4 Å². The van der Waals surface area contributed by atoms with Crippen LogP contribution in [0.4, 0.5) is 4.39 Å². The molecule has 0 unspecified atom stereocenters. The molecule has 0 saturated heterocycles. The predicted octanol–water partition coefficient (Wildman–Crippen LogP) is 6.56. The molecule has 0 fully saturated rings. The van der Waals surface area contributed by atoms with Crippen LogP contribution in [0.2, 0.25) is 0 Å². The zero-order valence-corrected chi connectivity index (χ0v) is 19.9. The summed E-state index contributed by atoms with van der Waals surface area (Å²) >= 11 is 4.97. The lowest BCUT2D eigenvalue weighted by atomic mass is 10.1. The molecule has 33 heavy (non-hydrogen) atoms. The Morgan fingerprint density at radius 2 is 1.82 bits per heavy atom. The van der Waals surface area contributed by atoms with Crippen LogP contribution in [-0.2, 0) is 11.4 Å². The van der Waals surface area contributed by atoms with Gasteiger partial charge in [0, 0.05) is 4.90 Å². The first kappa shape index (κ1) is 23.0. The van der Waals surface area contributed by atoms with Crippen LogP contribution in [0.25, 0.3) is 10.8 Å². The maximum absolute atomic E-state index is 13.0. The highest BCUT2D eigenvalue weighted by Crippen LogP contribution is 2.28. The first-order chi connectivity index (χ1) is 16.1. The van der Waals surface area contributed by atoms with Crippen molar-refractivity contribution in [3.05, 3.63) is 106 Å². The molecule has 0 heterocycles. The number of hydrogen-bond donors (Lipinski definition) is 1. The van der Waals surface area contributed by atoms with Crippen molar-refractivity contribution >= 4 is 50.6 Å². The molecule has 0 aliphatic heterocycles. The zero-order valence-electron chi connectivity index (χ0n) is 17.5. The number of hydrazone groups is 1. The third-order valence-electron chi connectivity index (χ3n) is 4.77. The van der Waals surface area contributed by atoms with Gasteiger partial charge in [0.25, 0.3) is 0 Å². The highest BCUT2D eigenvalue weighted by Gasteiger charge is 2.06. The number of halogens is 2. The van der Waals surface area contributed by atoms with E-state index in [-0.39, 0.29) is 17.5 Å². The first-order valence-corrected chi connectivity index (χ1v) is 12.0. The van der Waals surface area contributed by atoms with Gasteiger partial charge in [0.15, 0.2) is 0 Å². The fraction of sp³-hybridized carbons (Fsp3) is 0.0769. The minimum absolute atomic E-state index is 0.178. The Balaban J connectivity index is 1.28. The molecule has 0 aliphatic carbocycles. The van der Waals surface area contributed by atoms with Crippen LogP contribution in [0.3, 0.4) is 0 Å². The van der Waals surface area contributed by atoms with Crippen molar-refractivity contribution in [1.82, 2.24) is 5.43 Å². The standard InChI is InChI=1S/C26H20BrFN2O2S/c27-23-14-19(10-13-24(23)32-16-18-8-11-21(28)12-9-18)15-29-30-26(31)17-33-25-7-3-5-20-4-1-2-6-22(20)25/h1-15H,16-17H2,(H,30,31)/b29-15-. The summed E-state index contributed by atoms with van der Waals surface area (Å²) in [5.74, 6) is 0.475. The molecule has 0 spiro atoms. The minimum atomic E-state index is -0.275. The number of benzene rings is 4. The van der Waals surface area contributed by atoms with Crippen LogP contribution < -0.4 is 10.2 Å². The maximum atomic E-state index is 13.0. The number of rotatable bonds is 8. The topological polar surface area (TPSA) is 50.7 Å². The number of carbonyl (C=O) groups excluding carboxylic acids is 1. The fourth-order valence-corrected chi connectivity index (χ4v) is 4.51.